The van der Waals surface area contributed by atoms with E-state index in [0.29, 0.717) is 35.9 Å². The monoisotopic (exact) mass is 443 g/mol. The van der Waals surface area contributed by atoms with Crippen molar-refractivity contribution in [3.05, 3.63) is 66.4 Å². The molecule has 0 radical (unpaired) electrons. The van der Waals surface area contributed by atoms with Crippen LogP contribution >= 0.6 is 0 Å². The molecule has 1 amide bonds. The number of carbonyl (C=O) groups excluding carboxylic acids is 1. The Bertz CT molecular complexity index is 1200. The molecule has 1 atom stereocenters. The van der Waals surface area contributed by atoms with Crippen molar-refractivity contribution >= 4 is 17.8 Å². The summed E-state index contributed by atoms with van der Waals surface area (Å²) in [6.45, 7) is 1.70. The van der Waals surface area contributed by atoms with Gasteiger partial charge < -0.3 is 14.4 Å². The lowest BCUT2D eigenvalue weighted by Gasteiger charge is -2.20. The van der Waals surface area contributed by atoms with E-state index in [1.54, 1.807) is 23.9 Å². The van der Waals surface area contributed by atoms with Gasteiger partial charge in [-0.2, -0.15) is 0 Å². The molecule has 0 unspecified atom stereocenters. The van der Waals surface area contributed by atoms with E-state index in [0.717, 1.165) is 30.6 Å². The SMILES string of the molecule is COc1cc2c(cc1OC/C=C\Cn1cc(-c3ccccc3)nn1)N=C[C@@H]1CCCN1C2=O. The van der Waals surface area contributed by atoms with E-state index in [1.165, 1.54) is 0 Å². The van der Waals surface area contributed by atoms with Gasteiger partial charge in [0.2, 0.25) is 0 Å². The lowest BCUT2D eigenvalue weighted by Crippen LogP contribution is -2.35. The van der Waals surface area contributed by atoms with Crippen LogP contribution in [0.4, 0.5) is 5.69 Å². The molecule has 168 valence electrons. The van der Waals surface area contributed by atoms with Crippen LogP contribution < -0.4 is 9.47 Å². The molecular formula is C25H25N5O3. The highest BCUT2D eigenvalue weighted by atomic mass is 16.5. The molecule has 3 aromatic rings. The van der Waals surface area contributed by atoms with E-state index in [2.05, 4.69) is 15.3 Å². The van der Waals surface area contributed by atoms with Crippen LogP contribution in [0.5, 0.6) is 11.5 Å². The van der Waals surface area contributed by atoms with E-state index in [-0.39, 0.29) is 11.9 Å². The van der Waals surface area contributed by atoms with Crippen LogP contribution in [0.15, 0.2) is 65.8 Å². The molecule has 8 heteroatoms. The van der Waals surface area contributed by atoms with Crippen LogP contribution in [0.3, 0.4) is 0 Å². The first-order valence-electron chi connectivity index (χ1n) is 11.0. The fourth-order valence-electron chi connectivity index (χ4n) is 4.14. The summed E-state index contributed by atoms with van der Waals surface area (Å²) in [6.07, 6.45) is 9.62. The Labute approximate surface area is 192 Å². The van der Waals surface area contributed by atoms with E-state index in [9.17, 15) is 4.79 Å². The molecular weight excluding hydrogens is 418 g/mol. The predicted molar refractivity (Wildman–Crippen MR) is 125 cm³/mol. The topological polar surface area (TPSA) is 81.8 Å². The number of rotatable bonds is 7. The minimum atomic E-state index is -0.00236. The second kappa shape index (κ2) is 9.28. The highest BCUT2D eigenvalue weighted by Crippen LogP contribution is 2.38. The largest absolute Gasteiger partial charge is 0.493 e. The average molecular weight is 444 g/mol. The summed E-state index contributed by atoms with van der Waals surface area (Å²) in [4.78, 5) is 19.4. The quantitative estimate of drug-likeness (QED) is 0.517. The van der Waals surface area contributed by atoms with Crippen LogP contribution in [-0.4, -0.2) is 58.3 Å². The maximum atomic E-state index is 12.9. The van der Waals surface area contributed by atoms with Gasteiger partial charge >= 0.3 is 0 Å². The Kier molecular flexibility index (Phi) is 5.89. The van der Waals surface area contributed by atoms with Gasteiger partial charge in [0, 0.05) is 24.4 Å². The van der Waals surface area contributed by atoms with Crippen molar-refractivity contribution in [2.45, 2.75) is 25.4 Å². The Hall–Kier alpha value is -3.94. The fourth-order valence-corrected chi connectivity index (χ4v) is 4.14. The molecule has 8 nitrogen and oxygen atoms in total. The number of benzene rings is 2. The fraction of sp³-hybridized carbons (Fsp3) is 0.280. The van der Waals surface area contributed by atoms with Gasteiger partial charge in [0.25, 0.3) is 5.91 Å². The Balaban J connectivity index is 1.23. The van der Waals surface area contributed by atoms with Crippen molar-refractivity contribution in [3.63, 3.8) is 0 Å². The van der Waals surface area contributed by atoms with Gasteiger partial charge in [-0.15, -0.1) is 5.10 Å². The molecule has 2 aromatic carbocycles. The highest BCUT2D eigenvalue weighted by molar-refractivity contribution is 6.03. The van der Waals surface area contributed by atoms with Gasteiger partial charge in [0.1, 0.15) is 12.3 Å². The van der Waals surface area contributed by atoms with Crippen molar-refractivity contribution in [1.29, 1.82) is 0 Å². The lowest BCUT2D eigenvalue weighted by molar-refractivity contribution is 0.0774. The van der Waals surface area contributed by atoms with Gasteiger partial charge in [-0.1, -0.05) is 41.6 Å². The number of aromatic nitrogens is 3. The number of hydrogen-bond donors (Lipinski definition) is 0. The van der Waals surface area contributed by atoms with E-state index in [1.807, 2.05) is 59.8 Å². The number of allylic oxidation sites excluding steroid dienone is 1. The number of aliphatic imine (C=N–C) groups is 1. The second-order valence-corrected chi connectivity index (χ2v) is 7.98. The molecule has 0 saturated carbocycles. The maximum Gasteiger partial charge on any atom is 0.256 e. The minimum absolute atomic E-state index is 0.00236. The van der Waals surface area contributed by atoms with Crippen molar-refractivity contribution in [3.8, 4) is 22.8 Å². The highest BCUT2D eigenvalue weighted by Gasteiger charge is 2.32. The summed E-state index contributed by atoms with van der Waals surface area (Å²) < 4.78 is 13.2. The molecule has 1 saturated heterocycles. The second-order valence-electron chi connectivity index (χ2n) is 7.98. The molecule has 5 rings (SSSR count). The summed E-state index contributed by atoms with van der Waals surface area (Å²) in [5, 5.41) is 8.38. The zero-order valence-corrected chi connectivity index (χ0v) is 18.4. The van der Waals surface area contributed by atoms with Crippen LogP contribution in [-0.2, 0) is 6.54 Å². The molecule has 1 aromatic heterocycles. The van der Waals surface area contributed by atoms with Crippen molar-refractivity contribution in [1.82, 2.24) is 19.9 Å². The molecule has 0 bridgehead atoms. The normalized spacial score (nSPS) is 17.2. The number of nitrogens with zero attached hydrogens (tertiary/aromatic N) is 5. The standard InChI is InChI=1S/C25H25N5O3/c1-32-23-14-20-21(26-16-19-10-7-12-30(19)25(20)31)15-24(23)33-13-6-5-11-29-17-22(27-28-29)18-8-3-2-4-9-18/h2-6,8-9,14-17,19H,7,10-13H2,1H3/b6-5-/t19-/m0/s1. The van der Waals surface area contributed by atoms with Gasteiger partial charge in [-0.25, -0.2) is 4.68 Å². The van der Waals surface area contributed by atoms with Gasteiger partial charge in [-0.3, -0.25) is 9.79 Å². The van der Waals surface area contributed by atoms with E-state index in [4.69, 9.17) is 9.47 Å². The number of carbonyl (C=O) groups is 1. The van der Waals surface area contributed by atoms with Gasteiger partial charge in [-0.05, 0) is 25.0 Å². The molecule has 2 aliphatic heterocycles. The van der Waals surface area contributed by atoms with Crippen LogP contribution in [0.1, 0.15) is 23.2 Å². The third-order valence-electron chi connectivity index (χ3n) is 5.86. The van der Waals surface area contributed by atoms with Crippen LogP contribution in [0.25, 0.3) is 11.3 Å². The number of amides is 1. The first-order chi connectivity index (χ1) is 16.2. The van der Waals surface area contributed by atoms with Gasteiger partial charge in [0.05, 0.1) is 37.1 Å². The van der Waals surface area contributed by atoms with E-state index < -0.39 is 0 Å². The predicted octanol–water partition coefficient (Wildman–Crippen LogP) is 3.91. The first-order valence-corrected chi connectivity index (χ1v) is 11.0. The minimum Gasteiger partial charge on any atom is -0.493 e. The molecule has 33 heavy (non-hydrogen) atoms. The van der Waals surface area contributed by atoms with Gasteiger partial charge in [0.15, 0.2) is 11.5 Å². The van der Waals surface area contributed by atoms with Crippen LogP contribution in [0, 0.1) is 0 Å². The van der Waals surface area contributed by atoms with Crippen molar-refractivity contribution < 1.29 is 14.3 Å². The molecule has 0 N–H and O–H groups in total. The molecule has 1 fully saturated rings. The smallest absolute Gasteiger partial charge is 0.256 e. The molecule has 0 aliphatic carbocycles. The lowest BCUT2D eigenvalue weighted by atomic mass is 10.1. The first kappa shape index (κ1) is 20.9. The zero-order chi connectivity index (χ0) is 22.6. The van der Waals surface area contributed by atoms with E-state index >= 15 is 0 Å². The Morgan fingerprint density at radius 2 is 2.03 bits per heavy atom. The summed E-state index contributed by atoms with van der Waals surface area (Å²) in [7, 11) is 1.57. The summed E-state index contributed by atoms with van der Waals surface area (Å²) in [5.41, 5.74) is 3.04. The number of methoxy groups -OCH3 is 1. The Morgan fingerprint density at radius 1 is 1.15 bits per heavy atom. The Morgan fingerprint density at radius 3 is 2.88 bits per heavy atom. The number of fused-ring (bicyclic) bond motifs is 2. The summed E-state index contributed by atoms with van der Waals surface area (Å²) in [6, 6.07) is 13.5. The molecule has 0 spiro atoms. The number of hydrogen-bond acceptors (Lipinski definition) is 6. The number of ether oxygens (including phenoxy) is 2. The molecule has 3 heterocycles. The zero-order valence-electron chi connectivity index (χ0n) is 18.4. The summed E-state index contributed by atoms with van der Waals surface area (Å²) >= 11 is 0. The maximum absolute atomic E-state index is 12.9. The van der Waals surface area contributed by atoms with Crippen molar-refractivity contribution in [2.75, 3.05) is 20.3 Å². The average Bonchev–Trinajstić information content (AvgIpc) is 3.50. The third-order valence-corrected chi connectivity index (χ3v) is 5.86. The van der Waals surface area contributed by atoms with Crippen LogP contribution in [0.2, 0.25) is 0 Å². The third kappa shape index (κ3) is 4.37. The molecule has 2 aliphatic rings. The summed E-state index contributed by atoms with van der Waals surface area (Å²) in [5.74, 6) is 1.07. The van der Waals surface area contributed by atoms with Crippen molar-refractivity contribution in [2.24, 2.45) is 4.99 Å².